The molecule has 0 spiro atoms. The molecule has 19 heavy (non-hydrogen) atoms. The molecule has 2 heterocycles. The van der Waals surface area contributed by atoms with Crippen LogP contribution in [-0.4, -0.2) is 47.6 Å². The van der Waals surface area contributed by atoms with Crippen LogP contribution in [0.1, 0.15) is 39.0 Å². The summed E-state index contributed by atoms with van der Waals surface area (Å²) >= 11 is 0. The Morgan fingerprint density at radius 2 is 2.11 bits per heavy atom. The van der Waals surface area contributed by atoms with E-state index < -0.39 is 5.97 Å². The summed E-state index contributed by atoms with van der Waals surface area (Å²) in [5, 5.41) is 12.2. The topological polar surface area (TPSA) is 69.6 Å². The van der Waals surface area contributed by atoms with Crippen molar-refractivity contribution in [1.29, 1.82) is 0 Å². The summed E-state index contributed by atoms with van der Waals surface area (Å²) in [7, 11) is 0. The summed E-state index contributed by atoms with van der Waals surface area (Å²) in [5.74, 6) is -0.0963. The van der Waals surface area contributed by atoms with E-state index in [-0.39, 0.29) is 24.3 Å². The van der Waals surface area contributed by atoms with Gasteiger partial charge in [0.2, 0.25) is 5.91 Å². The highest BCUT2D eigenvalue weighted by Gasteiger charge is 2.33. The zero-order valence-electron chi connectivity index (χ0n) is 11.6. The normalized spacial score (nSPS) is 32.1. The van der Waals surface area contributed by atoms with Gasteiger partial charge in [-0.25, -0.2) is 0 Å². The Bertz CT molecular complexity index is 346. The quantitative estimate of drug-likeness (QED) is 0.804. The molecule has 5 nitrogen and oxygen atoms in total. The SMILES string of the molecule is CC1CCCNC1C(=O)N1CCCC(CC(=O)O)C1. The second-order valence-electron chi connectivity index (χ2n) is 5.94. The number of rotatable bonds is 3. The minimum absolute atomic E-state index is 0.0719. The molecule has 2 fully saturated rings. The van der Waals surface area contributed by atoms with E-state index in [0.29, 0.717) is 12.5 Å². The third-order valence-corrected chi connectivity index (χ3v) is 4.33. The fourth-order valence-corrected chi connectivity index (χ4v) is 3.26. The average molecular weight is 268 g/mol. The number of nitrogens with zero attached hydrogens (tertiary/aromatic N) is 1. The zero-order chi connectivity index (χ0) is 13.8. The predicted molar refractivity (Wildman–Crippen MR) is 71.7 cm³/mol. The van der Waals surface area contributed by atoms with Crippen LogP contribution in [-0.2, 0) is 9.59 Å². The van der Waals surface area contributed by atoms with Crippen molar-refractivity contribution in [2.24, 2.45) is 11.8 Å². The minimum Gasteiger partial charge on any atom is -0.481 e. The lowest BCUT2D eigenvalue weighted by Crippen LogP contribution is -2.54. The van der Waals surface area contributed by atoms with Crippen LogP contribution >= 0.6 is 0 Å². The van der Waals surface area contributed by atoms with Crippen LogP contribution in [0.3, 0.4) is 0 Å². The van der Waals surface area contributed by atoms with E-state index in [1.165, 1.54) is 0 Å². The van der Waals surface area contributed by atoms with Gasteiger partial charge in [0.05, 0.1) is 6.04 Å². The van der Waals surface area contributed by atoms with Crippen LogP contribution in [0, 0.1) is 11.8 Å². The standard InChI is InChI=1S/C14H24N2O3/c1-10-4-2-6-15-13(10)14(19)16-7-3-5-11(9-16)8-12(17)18/h10-11,13,15H,2-9H2,1H3,(H,17,18). The van der Waals surface area contributed by atoms with E-state index in [1.807, 2.05) is 4.90 Å². The Labute approximate surface area is 114 Å². The Kier molecular flexibility index (Phi) is 4.80. The maximum Gasteiger partial charge on any atom is 0.303 e. The minimum atomic E-state index is -0.761. The van der Waals surface area contributed by atoms with Gasteiger partial charge >= 0.3 is 5.97 Å². The van der Waals surface area contributed by atoms with Crippen molar-refractivity contribution in [3.8, 4) is 0 Å². The fourth-order valence-electron chi connectivity index (χ4n) is 3.26. The van der Waals surface area contributed by atoms with E-state index in [9.17, 15) is 9.59 Å². The highest BCUT2D eigenvalue weighted by atomic mass is 16.4. The average Bonchev–Trinajstić information content (AvgIpc) is 2.38. The van der Waals surface area contributed by atoms with Crippen molar-refractivity contribution in [2.45, 2.75) is 45.1 Å². The summed E-state index contributed by atoms with van der Waals surface area (Å²) in [5.41, 5.74) is 0. The Hall–Kier alpha value is -1.10. The van der Waals surface area contributed by atoms with Crippen molar-refractivity contribution in [1.82, 2.24) is 10.2 Å². The van der Waals surface area contributed by atoms with Crippen LogP contribution in [0.25, 0.3) is 0 Å². The van der Waals surface area contributed by atoms with E-state index in [4.69, 9.17) is 5.11 Å². The van der Waals surface area contributed by atoms with Crippen LogP contribution in [0.4, 0.5) is 0 Å². The molecule has 0 aromatic rings. The van der Waals surface area contributed by atoms with E-state index in [1.54, 1.807) is 0 Å². The molecule has 5 heteroatoms. The first kappa shape index (κ1) is 14.3. The summed E-state index contributed by atoms with van der Waals surface area (Å²) in [6.07, 6.45) is 4.24. The van der Waals surface area contributed by atoms with Crippen molar-refractivity contribution in [3.63, 3.8) is 0 Å². The van der Waals surface area contributed by atoms with Gasteiger partial charge in [-0.2, -0.15) is 0 Å². The number of nitrogens with one attached hydrogen (secondary N) is 1. The van der Waals surface area contributed by atoms with Gasteiger partial charge in [-0.3, -0.25) is 9.59 Å². The predicted octanol–water partition coefficient (Wildman–Crippen LogP) is 1.09. The lowest BCUT2D eigenvalue weighted by Gasteiger charge is -2.37. The lowest BCUT2D eigenvalue weighted by atomic mass is 9.89. The molecular formula is C14H24N2O3. The van der Waals surface area contributed by atoms with E-state index in [2.05, 4.69) is 12.2 Å². The molecule has 3 unspecified atom stereocenters. The second-order valence-corrected chi connectivity index (χ2v) is 5.94. The first-order chi connectivity index (χ1) is 9.08. The fraction of sp³-hybridized carbons (Fsp3) is 0.857. The number of carboxylic acid groups (broad SMARTS) is 1. The molecule has 2 aliphatic heterocycles. The number of hydrogen-bond acceptors (Lipinski definition) is 3. The summed E-state index contributed by atoms with van der Waals surface area (Å²) < 4.78 is 0. The number of hydrogen-bond donors (Lipinski definition) is 2. The van der Waals surface area contributed by atoms with Gasteiger partial charge in [-0.1, -0.05) is 6.92 Å². The molecule has 0 aromatic carbocycles. The number of carbonyl (C=O) groups is 2. The van der Waals surface area contributed by atoms with Crippen LogP contribution in [0.2, 0.25) is 0 Å². The highest BCUT2D eigenvalue weighted by Crippen LogP contribution is 2.23. The number of likely N-dealkylation sites (tertiary alicyclic amines) is 1. The van der Waals surface area contributed by atoms with Crippen molar-refractivity contribution in [3.05, 3.63) is 0 Å². The van der Waals surface area contributed by atoms with Crippen molar-refractivity contribution < 1.29 is 14.7 Å². The Morgan fingerprint density at radius 1 is 1.32 bits per heavy atom. The number of carbonyl (C=O) groups excluding carboxylic acids is 1. The van der Waals surface area contributed by atoms with E-state index >= 15 is 0 Å². The van der Waals surface area contributed by atoms with Gasteiger partial charge < -0.3 is 15.3 Å². The van der Waals surface area contributed by atoms with Gasteiger partial charge in [0.1, 0.15) is 0 Å². The molecule has 2 aliphatic rings. The lowest BCUT2D eigenvalue weighted by molar-refractivity contribution is -0.142. The first-order valence-corrected chi connectivity index (χ1v) is 7.32. The first-order valence-electron chi connectivity index (χ1n) is 7.32. The summed E-state index contributed by atoms with van der Waals surface area (Å²) in [6.45, 7) is 4.41. The molecule has 0 aromatic heterocycles. The van der Waals surface area contributed by atoms with Gasteiger partial charge in [-0.15, -0.1) is 0 Å². The number of carboxylic acids is 1. The maximum absolute atomic E-state index is 12.5. The number of aliphatic carboxylic acids is 1. The Balaban J connectivity index is 1.92. The molecular weight excluding hydrogens is 244 g/mol. The van der Waals surface area contributed by atoms with Crippen LogP contribution in [0.15, 0.2) is 0 Å². The molecule has 0 aliphatic carbocycles. The zero-order valence-corrected chi connectivity index (χ0v) is 11.6. The molecule has 2 rings (SSSR count). The molecule has 0 saturated carbocycles. The van der Waals surface area contributed by atoms with Crippen LogP contribution < -0.4 is 5.32 Å². The monoisotopic (exact) mass is 268 g/mol. The Morgan fingerprint density at radius 3 is 2.79 bits per heavy atom. The molecule has 108 valence electrons. The van der Waals surface area contributed by atoms with Gasteiger partial charge in [-0.05, 0) is 44.1 Å². The summed E-state index contributed by atoms with van der Waals surface area (Å²) in [6, 6.07) is -0.0719. The maximum atomic E-state index is 12.5. The van der Waals surface area contributed by atoms with Gasteiger partial charge in [0, 0.05) is 19.5 Å². The molecule has 2 N–H and O–H groups in total. The molecule has 0 radical (unpaired) electrons. The van der Waals surface area contributed by atoms with Gasteiger partial charge in [0.15, 0.2) is 0 Å². The van der Waals surface area contributed by atoms with Crippen LogP contribution in [0.5, 0.6) is 0 Å². The molecule has 0 bridgehead atoms. The summed E-state index contributed by atoms with van der Waals surface area (Å²) in [4.78, 5) is 25.2. The largest absolute Gasteiger partial charge is 0.481 e. The highest BCUT2D eigenvalue weighted by molar-refractivity contribution is 5.82. The molecule has 3 atom stereocenters. The third kappa shape index (κ3) is 3.69. The number of amides is 1. The smallest absolute Gasteiger partial charge is 0.303 e. The van der Waals surface area contributed by atoms with Crippen molar-refractivity contribution >= 4 is 11.9 Å². The van der Waals surface area contributed by atoms with Gasteiger partial charge in [0.25, 0.3) is 0 Å². The van der Waals surface area contributed by atoms with Crippen molar-refractivity contribution in [2.75, 3.05) is 19.6 Å². The third-order valence-electron chi connectivity index (χ3n) is 4.33. The molecule has 1 amide bonds. The van der Waals surface area contributed by atoms with E-state index in [0.717, 1.165) is 38.8 Å². The second kappa shape index (κ2) is 6.37. The number of piperidine rings is 2. The molecule has 2 saturated heterocycles.